The van der Waals surface area contributed by atoms with Gasteiger partial charge in [-0.1, -0.05) is 140 Å². The molecule has 6 rings (SSSR count). The van der Waals surface area contributed by atoms with Gasteiger partial charge in [0.05, 0.1) is 11.6 Å². The first kappa shape index (κ1) is 33.4. The van der Waals surface area contributed by atoms with E-state index in [1.54, 1.807) is 9.36 Å². The predicted molar refractivity (Wildman–Crippen MR) is 185 cm³/mol. The number of aromatic nitrogens is 6. The van der Waals surface area contributed by atoms with E-state index in [0.29, 0.717) is 0 Å². The van der Waals surface area contributed by atoms with E-state index in [4.69, 9.17) is 20.2 Å². The Morgan fingerprint density at radius 1 is 0.543 bits per heavy atom. The zero-order valence-corrected chi connectivity index (χ0v) is 31.0. The second-order valence-electron chi connectivity index (χ2n) is 14.1. The molecule has 6 nitrogen and oxygen atoms in total. The fourth-order valence-corrected chi connectivity index (χ4v) is 7.29. The molecule has 8 heteroatoms. The Bertz CT molecular complexity index is 1810. The molecule has 0 unspecified atom stereocenters. The average molecular weight is 804 g/mol. The van der Waals surface area contributed by atoms with Crippen LogP contribution >= 0.6 is 0 Å². The largest absolute Gasteiger partial charge is 2.00 e. The van der Waals surface area contributed by atoms with Crippen molar-refractivity contribution in [1.82, 2.24) is 29.5 Å². The maximum absolute atomic E-state index is 5.34. The summed E-state index contributed by atoms with van der Waals surface area (Å²) >= 11 is 0. The minimum Gasteiger partial charge on any atom is -0.343 e. The number of hydrogen-bond acceptors (Lipinski definition) is 4. The summed E-state index contributed by atoms with van der Waals surface area (Å²) in [6, 6.07) is 33.3. The van der Waals surface area contributed by atoms with Gasteiger partial charge < -0.3 is 19.3 Å². The molecule has 0 N–H and O–H groups in total. The Hall–Kier alpha value is -3.93. The van der Waals surface area contributed by atoms with E-state index in [1.807, 2.05) is 24.3 Å². The third-order valence-electron chi connectivity index (χ3n) is 8.20. The molecular formula is C38H40N6PtSi. The van der Waals surface area contributed by atoms with Crippen molar-refractivity contribution in [3.8, 4) is 33.9 Å². The molecule has 0 saturated carbocycles. The summed E-state index contributed by atoms with van der Waals surface area (Å²) in [5, 5.41) is 11.9. The molecule has 0 saturated heterocycles. The molecule has 4 heterocycles. The van der Waals surface area contributed by atoms with Crippen molar-refractivity contribution >= 4 is 18.7 Å². The molecule has 2 aromatic carbocycles. The van der Waals surface area contributed by atoms with E-state index >= 15 is 0 Å². The van der Waals surface area contributed by atoms with Gasteiger partial charge in [0.2, 0.25) is 0 Å². The van der Waals surface area contributed by atoms with Crippen LogP contribution in [-0.2, 0) is 31.9 Å². The zero-order chi connectivity index (χ0) is 32.0. The summed E-state index contributed by atoms with van der Waals surface area (Å²) in [4.78, 5) is 10.7. The minimum absolute atomic E-state index is 0. The Morgan fingerprint density at radius 2 is 0.913 bits per heavy atom. The summed E-state index contributed by atoms with van der Waals surface area (Å²) < 4.78 is 3.61. The van der Waals surface area contributed by atoms with E-state index in [1.165, 1.54) is 0 Å². The van der Waals surface area contributed by atoms with Crippen molar-refractivity contribution in [2.24, 2.45) is 0 Å². The van der Waals surface area contributed by atoms with E-state index in [0.717, 1.165) is 55.9 Å². The van der Waals surface area contributed by atoms with Crippen LogP contribution in [0.25, 0.3) is 33.9 Å². The van der Waals surface area contributed by atoms with Gasteiger partial charge >= 0.3 is 21.1 Å². The average Bonchev–Trinajstić information content (AvgIpc) is 3.73. The molecule has 0 aliphatic heterocycles. The zero-order valence-electron chi connectivity index (χ0n) is 27.7. The summed E-state index contributed by atoms with van der Waals surface area (Å²) in [6.07, 6.45) is 6.71. The van der Waals surface area contributed by atoms with Crippen LogP contribution in [0.2, 0.25) is 13.1 Å². The van der Waals surface area contributed by atoms with Crippen molar-refractivity contribution in [3.63, 3.8) is 0 Å². The van der Waals surface area contributed by atoms with Gasteiger partial charge in [-0.3, -0.25) is 10.2 Å². The van der Waals surface area contributed by atoms with Crippen LogP contribution in [0.3, 0.4) is 0 Å². The van der Waals surface area contributed by atoms with Crippen LogP contribution < -0.4 is 10.6 Å². The molecule has 46 heavy (non-hydrogen) atoms. The smallest absolute Gasteiger partial charge is 0.343 e. The molecule has 0 amide bonds. The standard InChI is InChI=1S/C38H40N6Si.Pt/c1-37(2,3)31-23-25-43(41-31)35-29(27-15-11-9-12-16-27)19-21-33(39-35)45(7,8)34-22-20-30(28-17-13-10-14-18-28)36(40-34)44-26-24-32(42-44)38(4,5)6;/h9-24H,1-8H3;/q-2;+2. The van der Waals surface area contributed by atoms with E-state index < -0.39 is 8.07 Å². The summed E-state index contributed by atoms with van der Waals surface area (Å²) in [5.41, 5.74) is 5.94. The number of pyridine rings is 2. The molecular weight excluding hydrogens is 764 g/mol. The maximum Gasteiger partial charge on any atom is 2.00 e. The van der Waals surface area contributed by atoms with Gasteiger partial charge in [0.25, 0.3) is 0 Å². The number of hydrogen-bond donors (Lipinski definition) is 0. The number of nitrogens with zero attached hydrogens (tertiary/aromatic N) is 6. The molecule has 0 aliphatic rings. The minimum atomic E-state index is -2.42. The first-order chi connectivity index (χ1) is 21.3. The van der Waals surface area contributed by atoms with Crippen molar-refractivity contribution in [2.75, 3.05) is 0 Å². The van der Waals surface area contributed by atoms with Crippen LogP contribution in [-0.4, -0.2) is 37.6 Å². The van der Waals surface area contributed by atoms with Crippen LogP contribution in [0.15, 0.2) is 97.1 Å². The van der Waals surface area contributed by atoms with Crippen LogP contribution in [0.5, 0.6) is 0 Å². The molecule has 0 bridgehead atoms. The van der Waals surface area contributed by atoms with Gasteiger partial charge in [-0.15, -0.1) is 12.1 Å². The van der Waals surface area contributed by atoms with Crippen LogP contribution in [0, 0.1) is 12.4 Å². The van der Waals surface area contributed by atoms with Crippen LogP contribution in [0.4, 0.5) is 0 Å². The van der Waals surface area contributed by atoms with Crippen molar-refractivity contribution in [2.45, 2.75) is 65.5 Å². The molecule has 0 radical (unpaired) electrons. The Kier molecular flexibility index (Phi) is 9.22. The van der Waals surface area contributed by atoms with Gasteiger partial charge in [-0.2, -0.15) is 0 Å². The molecule has 236 valence electrons. The Labute approximate surface area is 288 Å². The number of benzene rings is 2. The summed E-state index contributed by atoms with van der Waals surface area (Å²) in [6.45, 7) is 17.6. The van der Waals surface area contributed by atoms with Gasteiger partial charge in [0.15, 0.2) is 8.07 Å². The van der Waals surface area contributed by atoms with Crippen molar-refractivity contribution in [1.29, 1.82) is 0 Å². The second kappa shape index (κ2) is 12.7. The Balaban J connectivity index is 0.00000417. The predicted octanol–water partition coefficient (Wildman–Crippen LogP) is 7.20. The fourth-order valence-electron chi connectivity index (χ4n) is 5.26. The quantitative estimate of drug-likeness (QED) is 0.132. The van der Waals surface area contributed by atoms with Crippen LogP contribution in [0.1, 0.15) is 52.9 Å². The van der Waals surface area contributed by atoms with Crippen molar-refractivity contribution < 1.29 is 21.1 Å². The maximum atomic E-state index is 5.34. The molecule has 0 fully saturated rings. The molecule has 4 aromatic heterocycles. The third-order valence-corrected chi connectivity index (χ3v) is 11.3. The van der Waals surface area contributed by atoms with Gasteiger partial charge in [0, 0.05) is 10.6 Å². The fraction of sp³-hybridized carbons (Fsp3) is 0.263. The molecule has 0 atom stereocenters. The molecule has 6 aromatic rings. The third kappa shape index (κ3) is 6.63. The first-order valence-electron chi connectivity index (χ1n) is 15.4. The van der Waals surface area contributed by atoms with E-state index in [9.17, 15) is 0 Å². The summed E-state index contributed by atoms with van der Waals surface area (Å²) in [5.74, 6) is 1.54. The normalized spacial score (nSPS) is 12.2. The Morgan fingerprint density at radius 3 is 1.24 bits per heavy atom. The second-order valence-corrected chi connectivity index (χ2v) is 18.4. The SMILES string of the molecule is CC(C)(C)c1c[c-]n(-c2nc([Si](C)(C)c3ccc(-c4ccccc4)c(-n4[c-]cc(C(C)(C)C)n4)n3)ccc2-c2ccccc2)n1.[Pt+2]. The summed E-state index contributed by atoms with van der Waals surface area (Å²) in [7, 11) is -2.42. The van der Waals surface area contributed by atoms with Crippen molar-refractivity contribution in [3.05, 3.63) is 121 Å². The van der Waals surface area contributed by atoms with E-state index in [2.05, 4.69) is 140 Å². The van der Waals surface area contributed by atoms with E-state index in [-0.39, 0.29) is 31.9 Å². The van der Waals surface area contributed by atoms with Gasteiger partial charge in [-0.05, 0) is 56.6 Å². The first-order valence-corrected chi connectivity index (χ1v) is 18.4. The molecule has 0 aliphatic carbocycles. The topological polar surface area (TPSA) is 61.4 Å². The van der Waals surface area contributed by atoms with Gasteiger partial charge in [-0.25, -0.2) is 0 Å². The van der Waals surface area contributed by atoms with Gasteiger partial charge in [0.1, 0.15) is 0 Å². The number of rotatable bonds is 6. The molecule has 0 spiro atoms. The monoisotopic (exact) mass is 803 g/mol.